The fourth-order valence-electron chi connectivity index (χ4n) is 8.04. The van der Waals surface area contributed by atoms with E-state index in [4.69, 9.17) is 5.73 Å². The van der Waals surface area contributed by atoms with Crippen LogP contribution in [0.1, 0.15) is 83.9 Å². The highest BCUT2D eigenvalue weighted by atomic mass is 32.2. The fraction of sp³-hybridized carbons (Fsp3) is 0.583. The number of benzene rings is 1. The van der Waals surface area contributed by atoms with Gasteiger partial charge in [-0.05, 0) is 61.5 Å². The first kappa shape index (κ1) is 62.2. The van der Waals surface area contributed by atoms with E-state index in [1.54, 1.807) is 64.3 Å². The Morgan fingerprint density at radius 3 is 1.69 bits per heavy atom. The van der Waals surface area contributed by atoms with Crippen LogP contribution in [0.4, 0.5) is 0 Å². The topological polar surface area (TPSA) is 411 Å². The Balaban J connectivity index is 1.90. The van der Waals surface area contributed by atoms with Crippen LogP contribution in [0.2, 0.25) is 0 Å². The Morgan fingerprint density at radius 1 is 0.680 bits per heavy atom. The first-order chi connectivity index (χ1) is 35.4. The fourth-order valence-corrected chi connectivity index (χ4v) is 8.51. The van der Waals surface area contributed by atoms with Crippen molar-refractivity contribution in [2.24, 2.45) is 17.6 Å². The third-order valence-corrected chi connectivity index (χ3v) is 12.5. The number of nitrogens with zero attached hydrogens (tertiary/aromatic N) is 2. The summed E-state index contributed by atoms with van der Waals surface area (Å²) in [5.74, 6) is -12.0. The molecular formula is C48H71N11O15S. The molecule has 26 nitrogen and oxygen atoms in total. The number of hydrogen-bond acceptors (Lipinski definition) is 15. The van der Waals surface area contributed by atoms with Gasteiger partial charge in [-0.25, -0.2) is 9.78 Å². The van der Waals surface area contributed by atoms with Crippen molar-refractivity contribution in [3.05, 3.63) is 54.1 Å². The summed E-state index contributed by atoms with van der Waals surface area (Å²) in [4.78, 5) is 155. The number of H-pyrrole nitrogens is 1. The molecule has 1 saturated heterocycles. The summed E-state index contributed by atoms with van der Waals surface area (Å²) < 4.78 is 0. The van der Waals surface area contributed by atoms with Crippen molar-refractivity contribution in [3.8, 4) is 0 Å². The van der Waals surface area contributed by atoms with Gasteiger partial charge < -0.3 is 73.3 Å². The van der Waals surface area contributed by atoms with Gasteiger partial charge in [0.2, 0.25) is 47.3 Å². The Bertz CT molecular complexity index is 2290. The van der Waals surface area contributed by atoms with Crippen molar-refractivity contribution in [1.29, 1.82) is 0 Å². The summed E-state index contributed by atoms with van der Waals surface area (Å²) in [6, 6.07) is -5.20. The first-order valence-electron chi connectivity index (χ1n) is 24.4. The maximum atomic E-state index is 14.2. The number of aliphatic hydroxyl groups excluding tert-OH is 1. The number of imidazole rings is 1. The van der Waals surface area contributed by atoms with Crippen molar-refractivity contribution in [3.63, 3.8) is 0 Å². The molecule has 414 valence electrons. The largest absolute Gasteiger partial charge is 0.481 e. The third kappa shape index (κ3) is 21.0. The molecular weight excluding hydrogens is 1000 g/mol. The normalized spacial score (nSPS) is 16.4. The third-order valence-electron chi connectivity index (χ3n) is 11.8. The highest BCUT2D eigenvalue weighted by Gasteiger charge is 2.41. The molecule has 1 aromatic heterocycles. The zero-order valence-corrected chi connectivity index (χ0v) is 43.4. The van der Waals surface area contributed by atoms with Gasteiger partial charge in [0.05, 0.1) is 25.8 Å². The lowest BCUT2D eigenvalue weighted by Gasteiger charge is -2.30. The van der Waals surface area contributed by atoms with E-state index in [0.717, 1.165) is 0 Å². The molecule has 0 saturated carbocycles. The summed E-state index contributed by atoms with van der Waals surface area (Å²) in [7, 11) is 0. The van der Waals surface area contributed by atoms with E-state index in [1.165, 1.54) is 29.2 Å². The van der Waals surface area contributed by atoms with E-state index in [9.17, 15) is 73.2 Å². The van der Waals surface area contributed by atoms with Crippen LogP contribution in [0, 0.1) is 11.8 Å². The smallest absolute Gasteiger partial charge is 0.326 e. The number of aliphatic hydroxyl groups is 1. The molecule has 0 bridgehead atoms. The number of nitrogens with two attached hydrogens (primary N) is 1. The maximum Gasteiger partial charge on any atom is 0.326 e. The summed E-state index contributed by atoms with van der Waals surface area (Å²) in [5, 5.41) is 56.1. The van der Waals surface area contributed by atoms with Gasteiger partial charge in [-0.1, -0.05) is 58.0 Å². The number of aromatic amines is 1. The number of aromatic nitrogens is 2. The molecule has 0 radical (unpaired) electrons. The zero-order valence-electron chi connectivity index (χ0n) is 42.5. The van der Waals surface area contributed by atoms with Crippen LogP contribution in [-0.4, -0.2) is 180 Å². The molecule has 8 amide bonds. The van der Waals surface area contributed by atoms with Crippen molar-refractivity contribution in [1.82, 2.24) is 52.1 Å². The molecule has 2 aromatic rings. The van der Waals surface area contributed by atoms with E-state index in [1.807, 2.05) is 0 Å². The number of carboxylic acids is 3. The Hall–Kier alpha value is -7.13. The Kier molecular flexibility index (Phi) is 25.6. The van der Waals surface area contributed by atoms with E-state index in [2.05, 4.69) is 47.2 Å². The number of likely N-dealkylation sites (tertiary alicyclic amines) is 1. The van der Waals surface area contributed by atoms with Gasteiger partial charge in [0, 0.05) is 31.3 Å². The molecule has 14 N–H and O–H groups in total. The van der Waals surface area contributed by atoms with Crippen LogP contribution in [0.3, 0.4) is 0 Å². The number of rotatable bonds is 32. The number of hydrogen-bond donors (Lipinski definition) is 13. The van der Waals surface area contributed by atoms with Crippen LogP contribution in [0.25, 0.3) is 0 Å². The molecule has 27 heteroatoms. The maximum absolute atomic E-state index is 14.2. The number of carboxylic acid groups (broad SMARTS) is 3. The summed E-state index contributed by atoms with van der Waals surface area (Å²) in [6.07, 6.45) is 2.51. The van der Waals surface area contributed by atoms with E-state index < -0.39 is 139 Å². The number of aliphatic carboxylic acids is 3. The van der Waals surface area contributed by atoms with E-state index in [-0.39, 0.29) is 56.9 Å². The van der Waals surface area contributed by atoms with Gasteiger partial charge >= 0.3 is 17.9 Å². The lowest BCUT2D eigenvalue weighted by Crippen LogP contribution is -2.61. The average molecular weight is 1070 g/mol. The minimum absolute atomic E-state index is 0.0644. The highest BCUT2D eigenvalue weighted by molar-refractivity contribution is 7.98. The molecule has 0 spiro atoms. The lowest BCUT2D eigenvalue weighted by atomic mass is 10.0. The predicted molar refractivity (Wildman–Crippen MR) is 270 cm³/mol. The monoisotopic (exact) mass is 1070 g/mol. The van der Waals surface area contributed by atoms with Crippen molar-refractivity contribution in [2.45, 2.75) is 140 Å². The van der Waals surface area contributed by atoms with Crippen LogP contribution in [-0.2, 0) is 65.6 Å². The van der Waals surface area contributed by atoms with E-state index in [0.29, 0.717) is 23.4 Å². The molecule has 0 unspecified atom stereocenters. The molecule has 1 fully saturated rings. The first-order valence-corrected chi connectivity index (χ1v) is 25.8. The zero-order chi connectivity index (χ0) is 55.9. The van der Waals surface area contributed by atoms with E-state index >= 15 is 0 Å². The quantitative estimate of drug-likeness (QED) is 0.0369. The number of carbonyl (C=O) groups is 11. The second-order valence-corrected chi connectivity index (χ2v) is 19.9. The molecule has 1 aromatic carbocycles. The van der Waals surface area contributed by atoms with Crippen molar-refractivity contribution >= 4 is 76.9 Å². The molecule has 9 atom stereocenters. The van der Waals surface area contributed by atoms with Crippen molar-refractivity contribution in [2.75, 3.05) is 25.2 Å². The summed E-state index contributed by atoms with van der Waals surface area (Å²) >= 11 is 1.38. The van der Waals surface area contributed by atoms with Crippen LogP contribution in [0.15, 0.2) is 42.9 Å². The van der Waals surface area contributed by atoms with Gasteiger partial charge in [0.15, 0.2) is 0 Å². The van der Waals surface area contributed by atoms with Gasteiger partial charge in [0.25, 0.3) is 0 Å². The number of amides is 8. The Morgan fingerprint density at radius 2 is 1.17 bits per heavy atom. The van der Waals surface area contributed by atoms with Gasteiger partial charge in [0.1, 0.15) is 54.4 Å². The molecule has 75 heavy (non-hydrogen) atoms. The SMILES string of the molecule is CSCC[C@H](NC(=O)[C@@H](N)CO)C(=O)N1CCC[C@H]1C(=O)N[C@@H](CC(=O)O)C(=O)N[C@@H](Cc1ccccc1)C(=O)N[C@@H](CC(=O)O)C(=O)N[C@@H](CC(C)C)C(=O)N[C@@H](Cc1cnc[nH]1)C(=O)N[C@@H](CC(C)C)C(=O)O. The van der Waals surface area contributed by atoms with Gasteiger partial charge in [-0.2, -0.15) is 11.8 Å². The van der Waals surface area contributed by atoms with Crippen LogP contribution >= 0.6 is 11.8 Å². The summed E-state index contributed by atoms with van der Waals surface area (Å²) in [5.41, 5.74) is 6.49. The minimum Gasteiger partial charge on any atom is -0.481 e. The van der Waals surface area contributed by atoms with Gasteiger partial charge in [-0.3, -0.25) is 47.9 Å². The second kappa shape index (κ2) is 30.9. The number of nitrogens with one attached hydrogen (secondary N) is 8. The molecule has 1 aliphatic heterocycles. The van der Waals surface area contributed by atoms with Crippen LogP contribution < -0.4 is 43.0 Å². The number of carbonyl (C=O) groups excluding carboxylic acids is 8. The molecule has 1 aliphatic rings. The molecule has 2 heterocycles. The highest BCUT2D eigenvalue weighted by Crippen LogP contribution is 2.21. The number of thioether (sulfide) groups is 1. The summed E-state index contributed by atoms with van der Waals surface area (Å²) in [6.45, 7) is 6.32. The lowest BCUT2D eigenvalue weighted by molar-refractivity contribution is -0.144. The Labute approximate surface area is 437 Å². The standard InChI is InChI=1S/C48H71N11O15S/c1-25(2)16-31(41(66)55-33(19-28-22-50-24-51-28)43(68)58-36(48(73)74)17-26(3)4)53-44(69)34(20-38(61)62)56-42(67)32(18-27-10-7-6-8-11-27)54-45(70)35(21-39(63)64)57-46(71)37-12-9-14-59(37)47(72)30(13-15-75-5)52-40(65)29(49)23-60/h6-8,10-11,22,24-26,29-37,60H,9,12-21,23,49H2,1-5H3,(H,50,51)(H,52,65)(H,53,69)(H,54,70)(H,55,66)(H,56,67)(H,57,71)(H,58,68)(H,61,62)(H,63,64)(H,73,74)/t29-,30-,31-,32-,33-,34-,35-,36-,37-/m0/s1. The average Bonchev–Trinajstić information content (AvgIpc) is 4.06. The molecule has 0 aliphatic carbocycles. The van der Waals surface area contributed by atoms with Gasteiger partial charge in [-0.15, -0.1) is 0 Å². The van der Waals surface area contributed by atoms with Crippen LogP contribution in [0.5, 0.6) is 0 Å². The predicted octanol–water partition coefficient (Wildman–Crippen LogP) is -2.22. The van der Waals surface area contributed by atoms with Crippen molar-refractivity contribution < 1.29 is 73.2 Å². The minimum atomic E-state index is -1.91. The molecule has 3 rings (SSSR count). The second-order valence-electron chi connectivity index (χ2n) is 19.0.